The summed E-state index contributed by atoms with van der Waals surface area (Å²) in [6.07, 6.45) is 1.86. The molecule has 3 nitrogen and oxygen atoms in total. The molecule has 18 heavy (non-hydrogen) atoms. The number of carboxylic acid groups (broad SMARTS) is 1. The Morgan fingerprint density at radius 2 is 2.00 bits per heavy atom. The highest BCUT2D eigenvalue weighted by Crippen LogP contribution is 2.24. The summed E-state index contributed by atoms with van der Waals surface area (Å²) in [5, 5.41) is 9.19. The first-order valence-corrected chi connectivity index (χ1v) is 7.22. The van der Waals surface area contributed by atoms with Crippen LogP contribution in [0.3, 0.4) is 0 Å². The first-order valence-electron chi connectivity index (χ1n) is 5.35. The fourth-order valence-electron chi connectivity index (χ4n) is 1.84. The maximum absolute atomic E-state index is 11.2. The lowest BCUT2D eigenvalue weighted by Gasteiger charge is -2.16. The Bertz CT molecular complexity index is 577. The Kier molecular flexibility index (Phi) is 4.11. The maximum atomic E-state index is 11.2. The van der Waals surface area contributed by atoms with E-state index in [4.69, 9.17) is 0 Å². The van der Waals surface area contributed by atoms with E-state index in [1.807, 2.05) is 37.4 Å². The van der Waals surface area contributed by atoms with Crippen LogP contribution in [0.1, 0.15) is 29.0 Å². The Hall–Kier alpha value is -0.820. The molecule has 0 bridgehead atoms. The van der Waals surface area contributed by atoms with Crippen LogP contribution in [0, 0.1) is 3.57 Å². The van der Waals surface area contributed by atoms with Gasteiger partial charge < -0.3 is 9.67 Å². The number of hydrogen-bond donors (Lipinski definition) is 1. The van der Waals surface area contributed by atoms with Crippen LogP contribution >= 0.6 is 38.5 Å². The minimum atomic E-state index is -0.901. The van der Waals surface area contributed by atoms with Gasteiger partial charge in [-0.2, -0.15) is 0 Å². The molecule has 1 heterocycles. The van der Waals surface area contributed by atoms with E-state index in [0.29, 0.717) is 5.69 Å². The molecule has 1 N–H and O–H groups in total. The number of aromatic nitrogens is 1. The van der Waals surface area contributed by atoms with Gasteiger partial charge in [0.15, 0.2) is 0 Å². The monoisotopic (exact) mass is 419 g/mol. The summed E-state index contributed by atoms with van der Waals surface area (Å²) < 4.78 is 3.72. The second kappa shape index (κ2) is 5.44. The largest absolute Gasteiger partial charge is 0.477 e. The third kappa shape index (κ3) is 2.77. The number of carbonyl (C=O) groups is 1. The first-order chi connectivity index (χ1) is 8.49. The van der Waals surface area contributed by atoms with Crippen LogP contribution in [-0.4, -0.2) is 15.6 Å². The molecule has 2 aromatic rings. The third-order valence-electron chi connectivity index (χ3n) is 2.80. The minimum Gasteiger partial charge on any atom is -0.477 e. The highest BCUT2D eigenvalue weighted by Gasteiger charge is 2.17. The summed E-state index contributed by atoms with van der Waals surface area (Å²) in [7, 11) is 0. The smallest absolute Gasteiger partial charge is 0.352 e. The minimum absolute atomic E-state index is 0.00674. The molecule has 0 aliphatic carbocycles. The highest BCUT2D eigenvalue weighted by atomic mass is 127. The van der Waals surface area contributed by atoms with Gasteiger partial charge in [0.05, 0.1) is 6.04 Å². The maximum Gasteiger partial charge on any atom is 0.352 e. The topological polar surface area (TPSA) is 42.2 Å². The SMILES string of the molecule is CC(c1ccc(Br)cc1)n1cc(I)cc1C(=O)O. The second-order valence-corrected chi connectivity index (χ2v) is 6.14. The van der Waals surface area contributed by atoms with Gasteiger partial charge in [-0.1, -0.05) is 28.1 Å². The Morgan fingerprint density at radius 3 is 2.56 bits per heavy atom. The van der Waals surface area contributed by atoms with Crippen molar-refractivity contribution in [1.82, 2.24) is 4.57 Å². The van der Waals surface area contributed by atoms with Gasteiger partial charge >= 0.3 is 5.97 Å². The van der Waals surface area contributed by atoms with Crippen LogP contribution in [0.25, 0.3) is 0 Å². The van der Waals surface area contributed by atoms with Crippen molar-refractivity contribution in [2.45, 2.75) is 13.0 Å². The molecule has 0 spiro atoms. The lowest BCUT2D eigenvalue weighted by Crippen LogP contribution is -2.12. The van der Waals surface area contributed by atoms with Crippen molar-refractivity contribution in [1.29, 1.82) is 0 Å². The summed E-state index contributed by atoms with van der Waals surface area (Å²) in [5.74, 6) is -0.901. The van der Waals surface area contributed by atoms with Crippen LogP contribution in [-0.2, 0) is 0 Å². The second-order valence-electron chi connectivity index (χ2n) is 3.98. The molecule has 1 aromatic carbocycles. The molecule has 2 rings (SSSR count). The number of carboxylic acids is 1. The number of rotatable bonds is 3. The van der Waals surface area contributed by atoms with E-state index in [2.05, 4.69) is 38.5 Å². The number of hydrogen-bond acceptors (Lipinski definition) is 1. The standard InChI is InChI=1S/C13H11BrINO2/c1-8(9-2-4-10(14)5-3-9)16-7-11(15)6-12(16)13(17)18/h2-8H,1H3,(H,17,18). The molecular formula is C13H11BrINO2. The molecule has 0 radical (unpaired) electrons. The first kappa shape index (κ1) is 13.6. The number of benzene rings is 1. The molecule has 0 amide bonds. The van der Waals surface area contributed by atoms with Crippen molar-refractivity contribution in [2.24, 2.45) is 0 Å². The van der Waals surface area contributed by atoms with Gasteiger partial charge in [0.1, 0.15) is 5.69 Å². The predicted octanol–water partition coefficient (Wildman–Crippen LogP) is 4.16. The zero-order valence-corrected chi connectivity index (χ0v) is 13.3. The fraction of sp³-hybridized carbons (Fsp3) is 0.154. The molecule has 1 atom stereocenters. The highest BCUT2D eigenvalue weighted by molar-refractivity contribution is 14.1. The van der Waals surface area contributed by atoms with Crippen LogP contribution < -0.4 is 0 Å². The number of halogens is 2. The summed E-state index contributed by atoms with van der Waals surface area (Å²) >= 11 is 5.52. The van der Waals surface area contributed by atoms with Gasteiger partial charge in [-0.25, -0.2) is 4.79 Å². The van der Waals surface area contributed by atoms with E-state index in [-0.39, 0.29) is 6.04 Å². The van der Waals surface area contributed by atoms with E-state index in [0.717, 1.165) is 13.6 Å². The van der Waals surface area contributed by atoms with Crippen molar-refractivity contribution >= 4 is 44.5 Å². The molecule has 1 aromatic heterocycles. The Morgan fingerprint density at radius 1 is 1.39 bits per heavy atom. The summed E-state index contributed by atoms with van der Waals surface area (Å²) in [6, 6.07) is 9.58. The van der Waals surface area contributed by atoms with Gasteiger partial charge in [-0.3, -0.25) is 0 Å². The van der Waals surface area contributed by atoms with Crippen LogP contribution in [0.4, 0.5) is 0 Å². The van der Waals surface area contributed by atoms with Crippen molar-refractivity contribution in [3.63, 3.8) is 0 Å². The van der Waals surface area contributed by atoms with Gasteiger partial charge in [0.25, 0.3) is 0 Å². The summed E-state index contributed by atoms with van der Waals surface area (Å²) in [5.41, 5.74) is 1.39. The molecule has 0 saturated heterocycles. The molecule has 94 valence electrons. The van der Waals surface area contributed by atoms with Crippen LogP contribution in [0.5, 0.6) is 0 Å². The summed E-state index contributed by atoms with van der Waals surface area (Å²) in [4.78, 5) is 11.2. The van der Waals surface area contributed by atoms with Crippen LogP contribution in [0.15, 0.2) is 41.0 Å². The lowest BCUT2D eigenvalue weighted by atomic mass is 10.1. The third-order valence-corrected chi connectivity index (χ3v) is 3.92. The van der Waals surface area contributed by atoms with E-state index < -0.39 is 5.97 Å². The molecule has 0 saturated carbocycles. The zero-order chi connectivity index (χ0) is 13.3. The predicted molar refractivity (Wildman–Crippen MR) is 82.1 cm³/mol. The molecule has 0 aliphatic heterocycles. The van der Waals surface area contributed by atoms with Crippen molar-refractivity contribution in [3.05, 3.63) is 55.8 Å². The van der Waals surface area contributed by atoms with Gasteiger partial charge in [-0.15, -0.1) is 0 Å². The molecule has 1 unspecified atom stereocenters. The average molecular weight is 420 g/mol. The zero-order valence-electron chi connectivity index (χ0n) is 9.60. The van der Waals surface area contributed by atoms with Gasteiger partial charge in [0.2, 0.25) is 0 Å². The molecule has 0 aliphatic rings. The lowest BCUT2D eigenvalue weighted by molar-refractivity contribution is 0.0684. The van der Waals surface area contributed by atoms with Crippen molar-refractivity contribution < 1.29 is 9.90 Å². The van der Waals surface area contributed by atoms with E-state index in [9.17, 15) is 9.90 Å². The molecule has 0 fully saturated rings. The Labute approximate surface area is 127 Å². The average Bonchev–Trinajstić information content (AvgIpc) is 2.71. The fourth-order valence-corrected chi connectivity index (χ4v) is 2.70. The van der Waals surface area contributed by atoms with Crippen LogP contribution in [0.2, 0.25) is 0 Å². The normalized spacial score (nSPS) is 12.4. The van der Waals surface area contributed by atoms with E-state index in [1.54, 1.807) is 10.6 Å². The van der Waals surface area contributed by atoms with E-state index >= 15 is 0 Å². The van der Waals surface area contributed by atoms with Crippen molar-refractivity contribution in [2.75, 3.05) is 0 Å². The molecule has 5 heteroatoms. The number of aromatic carboxylic acids is 1. The summed E-state index contributed by atoms with van der Waals surface area (Å²) in [6.45, 7) is 1.99. The van der Waals surface area contributed by atoms with Gasteiger partial charge in [0, 0.05) is 14.2 Å². The van der Waals surface area contributed by atoms with Gasteiger partial charge in [-0.05, 0) is 53.3 Å². The quantitative estimate of drug-likeness (QED) is 0.759. The molecular weight excluding hydrogens is 409 g/mol. The Balaban J connectivity index is 2.42. The number of nitrogens with zero attached hydrogens (tertiary/aromatic N) is 1. The van der Waals surface area contributed by atoms with Crippen molar-refractivity contribution in [3.8, 4) is 0 Å². The van der Waals surface area contributed by atoms with E-state index in [1.165, 1.54) is 0 Å².